The van der Waals surface area contributed by atoms with E-state index in [1.54, 1.807) is 7.05 Å². The van der Waals surface area contributed by atoms with Gasteiger partial charge in [0.2, 0.25) is 0 Å². The number of hydrogen-bond acceptors (Lipinski definition) is 3. The van der Waals surface area contributed by atoms with Crippen molar-refractivity contribution in [1.82, 2.24) is 15.6 Å². The first-order valence-corrected chi connectivity index (χ1v) is 7.25. The Kier molecular flexibility index (Phi) is 11.0. The van der Waals surface area contributed by atoms with Gasteiger partial charge in [0.25, 0.3) is 0 Å². The van der Waals surface area contributed by atoms with Gasteiger partial charge in [-0.05, 0) is 18.6 Å². The van der Waals surface area contributed by atoms with Crippen LogP contribution in [0.4, 0.5) is 5.82 Å². The van der Waals surface area contributed by atoms with E-state index in [1.165, 1.54) is 19.3 Å². The van der Waals surface area contributed by atoms with E-state index in [-0.39, 0.29) is 24.0 Å². The Balaban J connectivity index is 0.00000400. The van der Waals surface area contributed by atoms with Crippen LogP contribution < -0.4 is 15.5 Å². The molecule has 0 bridgehead atoms. The summed E-state index contributed by atoms with van der Waals surface area (Å²) < 4.78 is 0. The largest absolute Gasteiger partial charge is 0.363 e. The molecule has 0 radical (unpaired) electrons. The quantitative estimate of drug-likeness (QED) is 0.317. The molecule has 5 nitrogen and oxygen atoms in total. The highest BCUT2D eigenvalue weighted by atomic mass is 127. The second-order valence-corrected chi connectivity index (χ2v) is 4.94. The summed E-state index contributed by atoms with van der Waals surface area (Å²) in [5.41, 5.74) is 1.01. The van der Waals surface area contributed by atoms with E-state index in [2.05, 4.69) is 27.5 Å². The van der Waals surface area contributed by atoms with Crippen molar-refractivity contribution in [3.63, 3.8) is 0 Å². The summed E-state index contributed by atoms with van der Waals surface area (Å²) >= 11 is 0. The number of pyridine rings is 1. The Morgan fingerprint density at radius 2 is 2.00 bits per heavy atom. The van der Waals surface area contributed by atoms with Crippen LogP contribution >= 0.6 is 24.0 Å². The predicted octanol–water partition coefficient (Wildman–Crippen LogP) is 2.62. The molecule has 0 aliphatic carbocycles. The molecule has 1 aromatic rings. The highest BCUT2D eigenvalue weighted by molar-refractivity contribution is 14.0. The molecule has 0 unspecified atom stereocenters. The number of aliphatic imine (C=N–C) groups is 1. The van der Waals surface area contributed by atoms with Crippen LogP contribution in [0.15, 0.2) is 23.2 Å². The zero-order valence-corrected chi connectivity index (χ0v) is 15.8. The van der Waals surface area contributed by atoms with Gasteiger partial charge < -0.3 is 15.5 Å². The van der Waals surface area contributed by atoms with Gasteiger partial charge in [0.1, 0.15) is 5.82 Å². The highest BCUT2D eigenvalue weighted by Gasteiger charge is 2.01. The van der Waals surface area contributed by atoms with E-state index in [0.29, 0.717) is 6.54 Å². The SMILES string of the molecule is CCCCCNC(=NC)NCc1cccc(N(C)C)n1.I. The molecule has 6 heteroatoms. The molecule has 21 heavy (non-hydrogen) atoms. The average Bonchev–Trinajstić information content (AvgIpc) is 2.47. The molecule has 0 aliphatic rings. The second kappa shape index (κ2) is 11.6. The number of halogens is 1. The number of anilines is 1. The van der Waals surface area contributed by atoms with Gasteiger partial charge in [-0.3, -0.25) is 4.99 Å². The lowest BCUT2D eigenvalue weighted by Gasteiger charge is -2.14. The van der Waals surface area contributed by atoms with Crippen molar-refractivity contribution in [3.8, 4) is 0 Å². The summed E-state index contributed by atoms with van der Waals surface area (Å²) in [6.07, 6.45) is 3.65. The fourth-order valence-corrected chi connectivity index (χ4v) is 1.79. The van der Waals surface area contributed by atoms with Crippen molar-refractivity contribution < 1.29 is 0 Å². The molecule has 120 valence electrons. The number of guanidine groups is 1. The first-order chi connectivity index (χ1) is 9.67. The van der Waals surface area contributed by atoms with Crippen LogP contribution in [0.3, 0.4) is 0 Å². The lowest BCUT2D eigenvalue weighted by molar-refractivity contribution is 0.681. The minimum atomic E-state index is 0. The standard InChI is InChI=1S/C15H27N5.HI/c1-5-6-7-11-17-15(16-2)18-12-13-9-8-10-14(19-13)20(3)4;/h8-10H,5-7,11-12H2,1-4H3,(H2,16,17,18);1H. The van der Waals surface area contributed by atoms with Gasteiger partial charge in [0, 0.05) is 27.7 Å². The van der Waals surface area contributed by atoms with Crippen molar-refractivity contribution in [3.05, 3.63) is 23.9 Å². The van der Waals surface area contributed by atoms with Gasteiger partial charge >= 0.3 is 0 Å². The van der Waals surface area contributed by atoms with E-state index in [4.69, 9.17) is 0 Å². The van der Waals surface area contributed by atoms with Gasteiger partial charge in [-0.1, -0.05) is 25.8 Å². The monoisotopic (exact) mass is 405 g/mol. The minimum Gasteiger partial charge on any atom is -0.363 e. The third-order valence-corrected chi connectivity index (χ3v) is 2.98. The zero-order chi connectivity index (χ0) is 14.8. The molecule has 0 amide bonds. The number of unbranched alkanes of at least 4 members (excludes halogenated alkanes) is 2. The van der Waals surface area contributed by atoms with Gasteiger partial charge in [-0.2, -0.15) is 0 Å². The summed E-state index contributed by atoms with van der Waals surface area (Å²) in [6.45, 7) is 3.84. The van der Waals surface area contributed by atoms with E-state index in [1.807, 2.05) is 37.2 Å². The first-order valence-electron chi connectivity index (χ1n) is 7.25. The summed E-state index contributed by atoms with van der Waals surface area (Å²) in [4.78, 5) is 10.8. The van der Waals surface area contributed by atoms with Crippen molar-refractivity contribution in [1.29, 1.82) is 0 Å². The third-order valence-electron chi connectivity index (χ3n) is 2.98. The highest BCUT2D eigenvalue weighted by Crippen LogP contribution is 2.07. The Labute approximate surface area is 145 Å². The van der Waals surface area contributed by atoms with Crippen molar-refractivity contribution in [2.24, 2.45) is 4.99 Å². The fourth-order valence-electron chi connectivity index (χ4n) is 1.79. The van der Waals surface area contributed by atoms with E-state index >= 15 is 0 Å². The molecule has 0 saturated heterocycles. The summed E-state index contributed by atoms with van der Waals surface area (Å²) in [5.74, 6) is 1.80. The molecule has 0 spiro atoms. The van der Waals surface area contributed by atoms with Gasteiger partial charge in [-0.15, -0.1) is 24.0 Å². The maximum atomic E-state index is 4.57. The Bertz CT molecular complexity index is 420. The Morgan fingerprint density at radius 3 is 2.62 bits per heavy atom. The molecule has 1 aromatic heterocycles. The number of hydrogen-bond donors (Lipinski definition) is 2. The van der Waals surface area contributed by atoms with Crippen LogP contribution in [0.1, 0.15) is 31.9 Å². The van der Waals surface area contributed by atoms with Crippen LogP contribution in [0.5, 0.6) is 0 Å². The van der Waals surface area contributed by atoms with E-state index in [9.17, 15) is 0 Å². The van der Waals surface area contributed by atoms with Crippen LogP contribution in [-0.2, 0) is 6.54 Å². The molecule has 1 rings (SSSR count). The summed E-state index contributed by atoms with van der Waals surface area (Å²) in [7, 11) is 5.78. The Hall–Kier alpha value is -1.05. The van der Waals surface area contributed by atoms with Crippen LogP contribution in [0, 0.1) is 0 Å². The van der Waals surface area contributed by atoms with E-state index in [0.717, 1.165) is 24.0 Å². The van der Waals surface area contributed by atoms with Crippen molar-refractivity contribution >= 4 is 35.8 Å². The molecule has 0 aliphatic heterocycles. The normalized spacial score (nSPS) is 10.8. The molecule has 0 fully saturated rings. The predicted molar refractivity (Wildman–Crippen MR) is 102 cm³/mol. The molecule has 0 atom stereocenters. The first kappa shape index (κ1) is 19.9. The van der Waals surface area contributed by atoms with Gasteiger partial charge in [-0.25, -0.2) is 4.98 Å². The molecular weight excluding hydrogens is 377 g/mol. The number of rotatable bonds is 7. The smallest absolute Gasteiger partial charge is 0.191 e. The molecule has 0 saturated carbocycles. The second-order valence-electron chi connectivity index (χ2n) is 4.94. The van der Waals surface area contributed by atoms with Gasteiger partial charge in [0.05, 0.1) is 12.2 Å². The lowest BCUT2D eigenvalue weighted by atomic mass is 10.2. The topological polar surface area (TPSA) is 52.6 Å². The van der Waals surface area contributed by atoms with E-state index < -0.39 is 0 Å². The van der Waals surface area contributed by atoms with Crippen LogP contribution in [0.2, 0.25) is 0 Å². The third kappa shape index (κ3) is 8.08. The maximum absolute atomic E-state index is 4.57. The van der Waals surface area contributed by atoms with Crippen molar-refractivity contribution in [2.75, 3.05) is 32.6 Å². The molecule has 2 N–H and O–H groups in total. The summed E-state index contributed by atoms with van der Waals surface area (Å²) in [6, 6.07) is 6.04. The summed E-state index contributed by atoms with van der Waals surface area (Å²) in [5, 5.41) is 6.60. The van der Waals surface area contributed by atoms with Crippen LogP contribution in [-0.4, -0.2) is 38.6 Å². The molecule has 1 heterocycles. The maximum Gasteiger partial charge on any atom is 0.191 e. The van der Waals surface area contributed by atoms with Crippen LogP contribution in [0.25, 0.3) is 0 Å². The number of nitrogens with zero attached hydrogens (tertiary/aromatic N) is 3. The van der Waals surface area contributed by atoms with Gasteiger partial charge in [0.15, 0.2) is 5.96 Å². The Morgan fingerprint density at radius 1 is 1.24 bits per heavy atom. The van der Waals surface area contributed by atoms with Crippen molar-refractivity contribution in [2.45, 2.75) is 32.7 Å². The number of aromatic nitrogens is 1. The molecule has 0 aromatic carbocycles. The average molecular weight is 405 g/mol. The zero-order valence-electron chi connectivity index (χ0n) is 13.5. The number of nitrogens with one attached hydrogen (secondary N) is 2. The minimum absolute atomic E-state index is 0. The lowest BCUT2D eigenvalue weighted by Crippen LogP contribution is -2.37. The molecular formula is C15H28IN5. The fraction of sp³-hybridized carbons (Fsp3) is 0.600.